The van der Waals surface area contributed by atoms with Gasteiger partial charge in [-0.1, -0.05) is 43.3 Å². The summed E-state index contributed by atoms with van der Waals surface area (Å²) in [7, 11) is 2.00. The number of likely N-dealkylation sites (N-methyl/N-ethyl adjacent to an activating group) is 1. The summed E-state index contributed by atoms with van der Waals surface area (Å²) in [6, 6.07) is 27.0. The van der Waals surface area contributed by atoms with Crippen LogP contribution in [0.15, 0.2) is 97.1 Å². The fourth-order valence-corrected chi connectivity index (χ4v) is 5.35. The molecule has 0 fully saturated rings. The molecule has 10 heteroatoms. The van der Waals surface area contributed by atoms with E-state index in [2.05, 4.69) is 15.5 Å². The molecule has 0 radical (unpaired) electrons. The molecule has 9 nitrogen and oxygen atoms in total. The molecule has 46 heavy (non-hydrogen) atoms. The van der Waals surface area contributed by atoms with Gasteiger partial charge >= 0.3 is 6.03 Å². The normalized spacial score (nSPS) is 16.9. The number of hydrogen-bond donors (Lipinski definition) is 3. The smallest absolute Gasteiger partial charge is 0.323 e. The number of ether oxygens (including phenoxy) is 2. The molecule has 1 aliphatic heterocycles. The van der Waals surface area contributed by atoms with E-state index >= 15 is 0 Å². The second-order valence-corrected chi connectivity index (χ2v) is 11.6. The third kappa shape index (κ3) is 8.21. The van der Waals surface area contributed by atoms with Gasteiger partial charge in [0, 0.05) is 31.2 Å². The topological polar surface area (TPSA) is 103 Å². The zero-order chi connectivity index (χ0) is 32.6. The van der Waals surface area contributed by atoms with E-state index in [9.17, 15) is 19.1 Å². The van der Waals surface area contributed by atoms with Crippen molar-refractivity contribution >= 4 is 23.3 Å². The van der Waals surface area contributed by atoms with Gasteiger partial charge in [0.05, 0.1) is 23.9 Å². The molecule has 3 amide bonds. The van der Waals surface area contributed by atoms with Crippen molar-refractivity contribution in [1.82, 2.24) is 9.80 Å². The van der Waals surface area contributed by atoms with Crippen LogP contribution in [0, 0.1) is 11.7 Å². The average molecular weight is 627 g/mol. The Bertz CT molecular complexity index is 1620. The SMILES string of the molecule is C[C@H](CO)N1C[C@H](C)[C@@H](CN(C)Cc2ccc(Oc3ccccc3)cc2)Oc2c(NC(=O)Nc3ccc(F)cc3)cccc2C1=O. The number of nitrogens with zero attached hydrogens (tertiary/aromatic N) is 2. The van der Waals surface area contributed by atoms with Crippen molar-refractivity contribution < 1.29 is 28.6 Å². The number of para-hydroxylation sites is 2. The molecular formula is C36H39FN4O5. The minimum absolute atomic E-state index is 0.115. The van der Waals surface area contributed by atoms with Gasteiger partial charge in [-0.2, -0.15) is 0 Å². The second kappa shape index (κ2) is 14.9. The lowest BCUT2D eigenvalue weighted by Crippen LogP contribution is -2.49. The standard InChI is InChI=1S/C36H39FN4O5/c1-24-20-41(25(2)23-42)35(43)31-10-7-11-32(39-36(44)38-28-16-14-27(37)15-17-28)34(31)46-33(24)22-40(3)21-26-12-18-30(19-13-26)45-29-8-5-4-6-9-29/h4-19,24-25,33,42H,20-23H2,1-3H3,(H2,38,39,44)/t24-,25+,33+/m0/s1. The summed E-state index contributed by atoms with van der Waals surface area (Å²) in [6.45, 7) is 5.17. The number of fused-ring (bicyclic) bond motifs is 1. The van der Waals surface area contributed by atoms with Crippen molar-refractivity contribution in [2.24, 2.45) is 5.92 Å². The number of halogens is 1. The first kappa shape index (κ1) is 32.5. The van der Waals surface area contributed by atoms with Gasteiger partial charge in [-0.15, -0.1) is 0 Å². The number of aliphatic hydroxyl groups is 1. The van der Waals surface area contributed by atoms with Gasteiger partial charge in [0.2, 0.25) is 0 Å². The van der Waals surface area contributed by atoms with Crippen LogP contribution in [0.3, 0.4) is 0 Å². The highest BCUT2D eigenvalue weighted by molar-refractivity contribution is 6.04. The monoisotopic (exact) mass is 626 g/mol. The zero-order valence-corrected chi connectivity index (χ0v) is 26.2. The number of urea groups is 1. The van der Waals surface area contributed by atoms with Crippen molar-refractivity contribution in [2.45, 2.75) is 32.5 Å². The summed E-state index contributed by atoms with van der Waals surface area (Å²) in [5.74, 6) is 0.949. The van der Waals surface area contributed by atoms with E-state index in [-0.39, 0.29) is 35.8 Å². The van der Waals surface area contributed by atoms with Crippen LogP contribution in [0.1, 0.15) is 29.8 Å². The van der Waals surface area contributed by atoms with Crippen LogP contribution in [-0.4, -0.2) is 65.7 Å². The van der Waals surface area contributed by atoms with Crippen molar-refractivity contribution in [3.05, 3.63) is 114 Å². The maximum absolute atomic E-state index is 13.8. The molecular weight excluding hydrogens is 587 g/mol. The Balaban J connectivity index is 1.34. The molecule has 0 bridgehead atoms. The predicted octanol–water partition coefficient (Wildman–Crippen LogP) is 6.61. The van der Waals surface area contributed by atoms with E-state index in [1.54, 1.807) is 30.0 Å². The molecule has 0 saturated carbocycles. The first-order chi connectivity index (χ1) is 22.2. The molecule has 0 saturated heterocycles. The van der Waals surface area contributed by atoms with E-state index in [1.165, 1.54) is 24.3 Å². The van der Waals surface area contributed by atoms with Crippen molar-refractivity contribution in [1.29, 1.82) is 0 Å². The molecule has 240 valence electrons. The van der Waals surface area contributed by atoms with Gasteiger partial charge in [0.25, 0.3) is 5.91 Å². The molecule has 0 spiro atoms. The van der Waals surface area contributed by atoms with Crippen molar-refractivity contribution in [3.63, 3.8) is 0 Å². The Hall–Kier alpha value is -4.93. The van der Waals surface area contributed by atoms with E-state index in [1.807, 2.05) is 68.6 Å². The molecule has 1 heterocycles. The van der Waals surface area contributed by atoms with Crippen LogP contribution in [0.25, 0.3) is 0 Å². The minimum atomic E-state index is -0.569. The molecule has 0 aromatic heterocycles. The Morgan fingerprint density at radius 3 is 2.39 bits per heavy atom. The highest BCUT2D eigenvalue weighted by Crippen LogP contribution is 2.35. The third-order valence-corrected chi connectivity index (χ3v) is 7.89. The largest absolute Gasteiger partial charge is 0.486 e. The van der Waals surface area contributed by atoms with Crippen molar-refractivity contribution in [2.75, 3.05) is 37.4 Å². The van der Waals surface area contributed by atoms with Crippen LogP contribution in [-0.2, 0) is 6.54 Å². The first-order valence-corrected chi connectivity index (χ1v) is 15.3. The Kier molecular flexibility index (Phi) is 10.5. The lowest BCUT2D eigenvalue weighted by atomic mass is 9.99. The molecule has 1 aliphatic rings. The van der Waals surface area contributed by atoms with Gasteiger partial charge < -0.3 is 30.1 Å². The highest BCUT2D eigenvalue weighted by atomic mass is 19.1. The number of amides is 3. The molecule has 5 rings (SSSR count). The zero-order valence-electron chi connectivity index (χ0n) is 26.2. The van der Waals surface area contributed by atoms with Gasteiger partial charge in [-0.05, 0) is 80.2 Å². The Labute approximate surface area is 268 Å². The highest BCUT2D eigenvalue weighted by Gasteiger charge is 2.34. The summed E-state index contributed by atoms with van der Waals surface area (Å²) in [5.41, 5.74) is 2.10. The summed E-state index contributed by atoms with van der Waals surface area (Å²) >= 11 is 0. The summed E-state index contributed by atoms with van der Waals surface area (Å²) in [6.07, 6.45) is -0.367. The van der Waals surface area contributed by atoms with Crippen LogP contribution >= 0.6 is 0 Å². The third-order valence-electron chi connectivity index (χ3n) is 7.89. The lowest BCUT2D eigenvalue weighted by molar-refractivity contribution is 0.0343. The molecule has 4 aromatic carbocycles. The van der Waals surface area contributed by atoms with Gasteiger partial charge in [-0.3, -0.25) is 9.69 Å². The minimum Gasteiger partial charge on any atom is -0.486 e. The van der Waals surface area contributed by atoms with E-state index in [0.717, 1.165) is 17.1 Å². The van der Waals surface area contributed by atoms with Crippen LogP contribution in [0.4, 0.5) is 20.6 Å². The second-order valence-electron chi connectivity index (χ2n) is 11.6. The lowest BCUT2D eigenvalue weighted by Gasteiger charge is -2.38. The molecule has 3 N–H and O–H groups in total. The van der Waals surface area contributed by atoms with Gasteiger partial charge in [0.1, 0.15) is 23.4 Å². The fraction of sp³-hybridized carbons (Fsp3) is 0.278. The first-order valence-electron chi connectivity index (χ1n) is 15.3. The number of benzene rings is 4. The summed E-state index contributed by atoms with van der Waals surface area (Å²) in [5, 5.41) is 15.5. The molecule has 0 unspecified atom stereocenters. The van der Waals surface area contributed by atoms with Gasteiger partial charge in [-0.25, -0.2) is 9.18 Å². The predicted molar refractivity (Wildman–Crippen MR) is 176 cm³/mol. The number of carbonyl (C=O) groups is 2. The number of rotatable bonds is 10. The average Bonchev–Trinajstić information content (AvgIpc) is 3.05. The van der Waals surface area contributed by atoms with Crippen LogP contribution < -0.4 is 20.1 Å². The van der Waals surface area contributed by atoms with Gasteiger partial charge in [0.15, 0.2) is 5.75 Å². The molecule has 0 aliphatic carbocycles. The maximum Gasteiger partial charge on any atom is 0.323 e. The number of carbonyl (C=O) groups excluding carboxylic acids is 2. The van der Waals surface area contributed by atoms with Crippen LogP contribution in [0.2, 0.25) is 0 Å². The number of aliphatic hydroxyl groups excluding tert-OH is 1. The Morgan fingerprint density at radius 1 is 1.00 bits per heavy atom. The maximum atomic E-state index is 13.8. The fourth-order valence-electron chi connectivity index (χ4n) is 5.35. The van der Waals surface area contributed by atoms with Crippen molar-refractivity contribution in [3.8, 4) is 17.2 Å². The molecule has 4 aromatic rings. The quantitative estimate of drug-likeness (QED) is 0.183. The number of nitrogens with one attached hydrogen (secondary N) is 2. The van der Waals surface area contributed by atoms with Crippen LogP contribution in [0.5, 0.6) is 17.2 Å². The number of anilines is 2. The summed E-state index contributed by atoms with van der Waals surface area (Å²) in [4.78, 5) is 30.5. The van der Waals surface area contributed by atoms with E-state index < -0.39 is 17.9 Å². The number of hydrogen-bond acceptors (Lipinski definition) is 6. The van der Waals surface area contributed by atoms with E-state index in [4.69, 9.17) is 9.47 Å². The van der Waals surface area contributed by atoms with E-state index in [0.29, 0.717) is 31.0 Å². The molecule has 3 atom stereocenters. The Morgan fingerprint density at radius 2 is 1.70 bits per heavy atom. The summed E-state index contributed by atoms with van der Waals surface area (Å²) < 4.78 is 25.9.